The van der Waals surface area contributed by atoms with E-state index in [2.05, 4.69) is 19.8 Å². The van der Waals surface area contributed by atoms with Crippen molar-refractivity contribution in [3.05, 3.63) is 18.0 Å². The van der Waals surface area contributed by atoms with Crippen molar-refractivity contribution < 1.29 is 9.53 Å². The standard InChI is InChI=1S/C20H31N5O2/c26-19-5-3-8-23(19)9-6-18-4-1-2-7-25(18)16-17-14-21-20(22-15-17)24-10-12-27-13-11-24/h14-15,18H,1-13,16H2/t18-/m0/s1. The molecule has 3 fully saturated rings. The van der Waals surface area contributed by atoms with Gasteiger partial charge in [-0.2, -0.15) is 0 Å². The predicted molar refractivity (Wildman–Crippen MR) is 104 cm³/mol. The Morgan fingerprint density at radius 3 is 2.59 bits per heavy atom. The molecular weight excluding hydrogens is 342 g/mol. The van der Waals surface area contributed by atoms with Gasteiger partial charge >= 0.3 is 0 Å². The summed E-state index contributed by atoms with van der Waals surface area (Å²) in [7, 11) is 0. The topological polar surface area (TPSA) is 61.8 Å². The van der Waals surface area contributed by atoms with E-state index >= 15 is 0 Å². The van der Waals surface area contributed by atoms with Crippen molar-refractivity contribution >= 4 is 11.9 Å². The van der Waals surface area contributed by atoms with Gasteiger partial charge < -0.3 is 14.5 Å². The minimum absolute atomic E-state index is 0.337. The van der Waals surface area contributed by atoms with E-state index in [-0.39, 0.29) is 0 Å². The summed E-state index contributed by atoms with van der Waals surface area (Å²) in [5.41, 5.74) is 1.18. The van der Waals surface area contributed by atoms with Gasteiger partial charge in [0.25, 0.3) is 0 Å². The van der Waals surface area contributed by atoms with Crippen LogP contribution in [0.3, 0.4) is 0 Å². The van der Waals surface area contributed by atoms with Gasteiger partial charge in [0, 0.05) is 63.1 Å². The Morgan fingerprint density at radius 1 is 1.04 bits per heavy atom. The number of amides is 1. The molecule has 0 spiro atoms. The zero-order valence-corrected chi connectivity index (χ0v) is 16.2. The monoisotopic (exact) mass is 373 g/mol. The summed E-state index contributed by atoms with van der Waals surface area (Å²) in [6, 6.07) is 0.561. The molecule has 0 aromatic carbocycles. The average Bonchev–Trinajstić information content (AvgIpc) is 3.13. The average molecular weight is 374 g/mol. The van der Waals surface area contributed by atoms with E-state index in [4.69, 9.17) is 4.74 Å². The summed E-state index contributed by atoms with van der Waals surface area (Å²) in [4.78, 5) is 27.8. The molecule has 3 saturated heterocycles. The van der Waals surface area contributed by atoms with Gasteiger partial charge in [0.1, 0.15) is 0 Å². The van der Waals surface area contributed by atoms with Crippen molar-refractivity contribution in [3.8, 4) is 0 Å². The molecule has 27 heavy (non-hydrogen) atoms. The molecule has 3 aliphatic rings. The van der Waals surface area contributed by atoms with Gasteiger partial charge in [-0.05, 0) is 32.2 Å². The van der Waals surface area contributed by atoms with Crippen molar-refractivity contribution in [2.75, 3.05) is 50.8 Å². The number of likely N-dealkylation sites (tertiary alicyclic amines) is 2. The highest BCUT2D eigenvalue weighted by atomic mass is 16.5. The number of rotatable bonds is 6. The van der Waals surface area contributed by atoms with Gasteiger partial charge in [-0.25, -0.2) is 9.97 Å². The second-order valence-corrected chi connectivity index (χ2v) is 7.88. The van der Waals surface area contributed by atoms with Crippen molar-refractivity contribution in [1.82, 2.24) is 19.8 Å². The fraction of sp³-hybridized carbons (Fsp3) is 0.750. The number of nitrogens with zero attached hydrogens (tertiary/aromatic N) is 5. The number of hydrogen-bond donors (Lipinski definition) is 0. The fourth-order valence-electron chi connectivity index (χ4n) is 4.43. The SMILES string of the molecule is O=C1CCCN1CC[C@@H]1CCCCN1Cc1cnc(N2CCOCC2)nc1. The summed E-state index contributed by atoms with van der Waals surface area (Å²) in [6.45, 7) is 7.12. The lowest BCUT2D eigenvalue weighted by atomic mass is 9.98. The molecule has 0 N–H and O–H groups in total. The lowest BCUT2D eigenvalue weighted by molar-refractivity contribution is -0.127. The summed E-state index contributed by atoms with van der Waals surface area (Å²) in [6.07, 6.45) is 10.6. The summed E-state index contributed by atoms with van der Waals surface area (Å²) in [5, 5.41) is 0. The lowest BCUT2D eigenvalue weighted by Crippen LogP contribution is -2.41. The first-order chi connectivity index (χ1) is 13.3. The fourth-order valence-corrected chi connectivity index (χ4v) is 4.43. The van der Waals surface area contributed by atoms with E-state index in [1.807, 2.05) is 17.3 Å². The molecule has 7 nitrogen and oxygen atoms in total. The summed E-state index contributed by atoms with van der Waals surface area (Å²) >= 11 is 0. The highest BCUT2D eigenvalue weighted by molar-refractivity contribution is 5.78. The van der Waals surface area contributed by atoms with E-state index in [0.717, 1.165) is 77.7 Å². The molecule has 1 amide bonds. The Kier molecular flexibility index (Phi) is 6.19. The van der Waals surface area contributed by atoms with Crippen molar-refractivity contribution in [2.24, 2.45) is 0 Å². The van der Waals surface area contributed by atoms with Gasteiger partial charge in [-0.15, -0.1) is 0 Å². The second kappa shape index (κ2) is 8.97. The lowest BCUT2D eigenvalue weighted by Gasteiger charge is -2.36. The Bertz CT molecular complexity index is 617. The van der Waals surface area contributed by atoms with E-state index < -0.39 is 0 Å². The number of carbonyl (C=O) groups excluding carboxylic acids is 1. The number of anilines is 1. The van der Waals surface area contributed by atoms with Crippen LogP contribution in [0.1, 0.15) is 44.1 Å². The molecule has 1 atom stereocenters. The van der Waals surface area contributed by atoms with Crippen LogP contribution in [-0.2, 0) is 16.1 Å². The van der Waals surface area contributed by atoms with Gasteiger partial charge in [-0.1, -0.05) is 6.42 Å². The number of carbonyl (C=O) groups is 1. The Balaban J connectivity index is 1.32. The van der Waals surface area contributed by atoms with Crippen LogP contribution >= 0.6 is 0 Å². The molecule has 4 heterocycles. The minimum atomic E-state index is 0.337. The summed E-state index contributed by atoms with van der Waals surface area (Å²) < 4.78 is 5.40. The number of hydrogen-bond acceptors (Lipinski definition) is 6. The highest BCUT2D eigenvalue weighted by Gasteiger charge is 2.26. The highest BCUT2D eigenvalue weighted by Crippen LogP contribution is 2.23. The van der Waals surface area contributed by atoms with Crippen LogP contribution in [0.25, 0.3) is 0 Å². The maximum absolute atomic E-state index is 11.9. The van der Waals surface area contributed by atoms with Gasteiger partial charge in [0.05, 0.1) is 13.2 Å². The van der Waals surface area contributed by atoms with Gasteiger partial charge in [-0.3, -0.25) is 9.69 Å². The van der Waals surface area contributed by atoms with Crippen molar-refractivity contribution in [3.63, 3.8) is 0 Å². The van der Waals surface area contributed by atoms with Crippen LogP contribution in [0.5, 0.6) is 0 Å². The van der Waals surface area contributed by atoms with Crippen molar-refractivity contribution in [1.29, 1.82) is 0 Å². The van der Waals surface area contributed by atoms with Gasteiger partial charge in [0.2, 0.25) is 11.9 Å². The van der Waals surface area contributed by atoms with Crippen LogP contribution in [0, 0.1) is 0 Å². The summed E-state index contributed by atoms with van der Waals surface area (Å²) in [5.74, 6) is 1.15. The van der Waals surface area contributed by atoms with Crippen molar-refractivity contribution in [2.45, 2.75) is 51.1 Å². The third-order valence-electron chi connectivity index (χ3n) is 6.02. The number of morpholine rings is 1. The normalized spacial score (nSPS) is 24.6. The quantitative estimate of drug-likeness (QED) is 0.756. The minimum Gasteiger partial charge on any atom is -0.378 e. The Morgan fingerprint density at radius 2 is 1.85 bits per heavy atom. The van der Waals surface area contributed by atoms with E-state index in [1.54, 1.807) is 0 Å². The smallest absolute Gasteiger partial charge is 0.225 e. The molecule has 0 radical (unpaired) electrons. The van der Waals surface area contributed by atoms with Gasteiger partial charge in [0.15, 0.2) is 0 Å². The maximum Gasteiger partial charge on any atom is 0.225 e. The Hall–Kier alpha value is -1.73. The van der Waals surface area contributed by atoms with Crippen LogP contribution in [0.4, 0.5) is 5.95 Å². The third kappa shape index (κ3) is 4.76. The zero-order valence-electron chi connectivity index (χ0n) is 16.2. The third-order valence-corrected chi connectivity index (χ3v) is 6.02. The number of piperidine rings is 1. The van der Waals surface area contributed by atoms with E-state index in [0.29, 0.717) is 11.9 Å². The van der Waals surface area contributed by atoms with E-state index in [9.17, 15) is 4.79 Å². The molecular formula is C20H31N5O2. The van der Waals surface area contributed by atoms with Crippen LogP contribution in [0.2, 0.25) is 0 Å². The molecule has 0 bridgehead atoms. The maximum atomic E-state index is 11.9. The zero-order chi connectivity index (χ0) is 18.5. The number of ether oxygens (including phenoxy) is 1. The first-order valence-corrected chi connectivity index (χ1v) is 10.4. The predicted octanol–water partition coefficient (Wildman–Crippen LogP) is 1.68. The van der Waals surface area contributed by atoms with E-state index in [1.165, 1.54) is 24.8 Å². The largest absolute Gasteiger partial charge is 0.378 e. The first kappa shape index (κ1) is 18.6. The molecule has 4 rings (SSSR count). The molecule has 148 valence electrons. The molecule has 1 aromatic heterocycles. The molecule has 0 unspecified atom stereocenters. The molecule has 7 heteroatoms. The van der Waals surface area contributed by atoms with Crippen LogP contribution in [-0.4, -0.2) is 77.7 Å². The molecule has 0 aliphatic carbocycles. The first-order valence-electron chi connectivity index (χ1n) is 10.4. The molecule has 1 aromatic rings. The molecule has 0 saturated carbocycles. The second-order valence-electron chi connectivity index (χ2n) is 7.88. The number of aromatic nitrogens is 2. The van der Waals surface area contributed by atoms with Crippen LogP contribution in [0.15, 0.2) is 12.4 Å². The Labute approximate surface area is 161 Å². The molecule has 3 aliphatic heterocycles. The van der Waals surface area contributed by atoms with Crippen LogP contribution < -0.4 is 4.90 Å².